The van der Waals surface area contributed by atoms with Crippen molar-refractivity contribution in [2.75, 3.05) is 39.9 Å². The topological polar surface area (TPSA) is 58.1 Å². The number of alkyl halides is 3. The van der Waals surface area contributed by atoms with Gasteiger partial charge in [-0.2, -0.15) is 13.2 Å². The molecular weight excluding hydrogens is 397 g/mol. The van der Waals surface area contributed by atoms with E-state index in [0.29, 0.717) is 31.8 Å². The monoisotopic (exact) mass is 426 g/mol. The molecule has 0 amide bonds. The smallest absolute Gasteiger partial charge is 0.379 e. The van der Waals surface area contributed by atoms with Crippen LogP contribution in [0.5, 0.6) is 0 Å². The lowest BCUT2D eigenvalue weighted by molar-refractivity contribution is -0.137. The van der Waals surface area contributed by atoms with Crippen molar-refractivity contribution < 1.29 is 22.6 Å². The third kappa shape index (κ3) is 4.90. The maximum absolute atomic E-state index is 13.0. The van der Waals surface area contributed by atoms with E-state index in [4.69, 9.17) is 9.47 Å². The fraction of sp³-hybridized carbons (Fsp3) is 0.667. The van der Waals surface area contributed by atoms with Gasteiger partial charge in [0.25, 0.3) is 0 Å². The van der Waals surface area contributed by atoms with Crippen LogP contribution in [0.4, 0.5) is 13.2 Å². The van der Waals surface area contributed by atoms with Crippen LogP contribution in [0.25, 0.3) is 0 Å². The molecule has 4 rings (SSSR count). The molecule has 3 heterocycles. The third-order valence-corrected chi connectivity index (χ3v) is 6.22. The number of benzene rings is 1. The van der Waals surface area contributed by atoms with Crippen LogP contribution in [0.3, 0.4) is 0 Å². The molecule has 9 heteroatoms. The normalized spacial score (nSPS) is 28.5. The first-order valence-corrected chi connectivity index (χ1v) is 10.6. The van der Waals surface area contributed by atoms with Crippen LogP contribution in [0, 0.1) is 0 Å². The van der Waals surface area contributed by atoms with Crippen LogP contribution >= 0.6 is 0 Å². The zero-order valence-electron chi connectivity index (χ0n) is 17.1. The first kappa shape index (κ1) is 21.4. The highest BCUT2D eigenvalue weighted by atomic mass is 19.4. The summed E-state index contributed by atoms with van der Waals surface area (Å²) in [6.07, 6.45) is -0.572. The number of rotatable bonds is 5. The summed E-state index contributed by atoms with van der Waals surface area (Å²) < 4.78 is 50.2. The molecule has 0 radical (unpaired) electrons. The second-order valence-corrected chi connectivity index (χ2v) is 8.10. The van der Waals surface area contributed by atoms with E-state index in [1.807, 2.05) is 0 Å². The van der Waals surface area contributed by atoms with Gasteiger partial charge in [-0.15, -0.1) is 0 Å². The maximum atomic E-state index is 13.0. The number of guanidine groups is 1. The molecule has 4 atom stereocenters. The Morgan fingerprint density at radius 1 is 1.20 bits per heavy atom. The molecule has 30 heavy (non-hydrogen) atoms. The van der Waals surface area contributed by atoms with Crippen LogP contribution in [-0.2, 0) is 15.7 Å². The van der Waals surface area contributed by atoms with Crippen molar-refractivity contribution in [2.45, 2.75) is 49.7 Å². The molecule has 0 aliphatic carbocycles. The standard InChI is InChI=1S/C21H29F3N4O2/c1-25-20(27-17-12-16-6-7-19(17)30-16)26-13-18(28-8-10-29-11-9-28)14-2-4-15(5-3-14)21(22,23)24/h2-5,16-19H,6-13H2,1H3,(H2,25,26,27). The molecule has 4 unspecified atom stereocenters. The first-order chi connectivity index (χ1) is 14.4. The Hall–Kier alpha value is -1.84. The van der Waals surface area contributed by atoms with Gasteiger partial charge in [-0.3, -0.25) is 9.89 Å². The molecular formula is C21H29F3N4O2. The van der Waals surface area contributed by atoms with Crippen LogP contribution in [0.2, 0.25) is 0 Å². The van der Waals surface area contributed by atoms with E-state index in [2.05, 4.69) is 20.5 Å². The summed E-state index contributed by atoms with van der Waals surface area (Å²) in [6.45, 7) is 3.24. The minimum Gasteiger partial charge on any atom is -0.379 e. The maximum Gasteiger partial charge on any atom is 0.416 e. The van der Waals surface area contributed by atoms with E-state index in [1.54, 1.807) is 19.2 Å². The van der Waals surface area contributed by atoms with E-state index in [-0.39, 0.29) is 18.2 Å². The predicted molar refractivity (Wildman–Crippen MR) is 107 cm³/mol. The molecule has 1 aromatic rings. The number of nitrogens with zero attached hydrogens (tertiary/aromatic N) is 2. The minimum absolute atomic E-state index is 0.0778. The van der Waals surface area contributed by atoms with E-state index >= 15 is 0 Å². The van der Waals surface area contributed by atoms with E-state index < -0.39 is 11.7 Å². The largest absolute Gasteiger partial charge is 0.416 e. The van der Waals surface area contributed by atoms with Crippen molar-refractivity contribution in [3.05, 3.63) is 35.4 Å². The number of hydrogen-bond acceptors (Lipinski definition) is 4. The molecule has 0 aromatic heterocycles. The number of morpholine rings is 1. The van der Waals surface area contributed by atoms with Crippen molar-refractivity contribution in [1.29, 1.82) is 0 Å². The SMILES string of the molecule is CN=C(NCC(c1ccc(C(F)(F)F)cc1)N1CCOCC1)NC1CC2CCC1O2. The summed E-state index contributed by atoms with van der Waals surface area (Å²) in [5.74, 6) is 0.696. The van der Waals surface area contributed by atoms with Gasteiger partial charge < -0.3 is 20.1 Å². The fourth-order valence-corrected chi connectivity index (χ4v) is 4.59. The lowest BCUT2D eigenvalue weighted by Crippen LogP contribution is -2.50. The highest BCUT2D eigenvalue weighted by molar-refractivity contribution is 5.80. The molecule has 166 valence electrons. The molecule has 3 saturated heterocycles. The minimum atomic E-state index is -4.33. The second-order valence-electron chi connectivity index (χ2n) is 8.10. The van der Waals surface area contributed by atoms with Crippen molar-refractivity contribution >= 4 is 5.96 Å². The molecule has 3 aliphatic heterocycles. The molecule has 3 aliphatic rings. The average Bonchev–Trinajstić information content (AvgIpc) is 3.37. The van der Waals surface area contributed by atoms with Gasteiger partial charge in [-0.05, 0) is 37.0 Å². The highest BCUT2D eigenvalue weighted by Crippen LogP contribution is 2.34. The lowest BCUT2D eigenvalue weighted by atomic mass is 9.96. The Kier molecular flexibility index (Phi) is 6.50. The highest BCUT2D eigenvalue weighted by Gasteiger charge is 2.41. The Balaban J connectivity index is 1.43. The number of aliphatic imine (C=N–C) groups is 1. The van der Waals surface area contributed by atoms with Crippen LogP contribution in [-0.4, -0.2) is 69.0 Å². The summed E-state index contributed by atoms with van der Waals surface area (Å²) in [6, 6.07) is 5.63. The number of nitrogens with one attached hydrogen (secondary N) is 2. The third-order valence-electron chi connectivity index (χ3n) is 6.22. The average molecular weight is 426 g/mol. The number of fused-ring (bicyclic) bond motifs is 2. The Bertz CT molecular complexity index is 735. The molecule has 1 aromatic carbocycles. The Labute approximate surface area is 174 Å². The van der Waals surface area contributed by atoms with Crippen LogP contribution < -0.4 is 10.6 Å². The van der Waals surface area contributed by atoms with Crippen molar-refractivity contribution in [3.63, 3.8) is 0 Å². The van der Waals surface area contributed by atoms with Gasteiger partial charge in [0.15, 0.2) is 5.96 Å². The van der Waals surface area contributed by atoms with Crippen molar-refractivity contribution in [1.82, 2.24) is 15.5 Å². The molecule has 2 bridgehead atoms. The van der Waals surface area contributed by atoms with Gasteiger partial charge in [0.05, 0.1) is 43.1 Å². The first-order valence-electron chi connectivity index (χ1n) is 10.6. The Morgan fingerprint density at radius 3 is 2.50 bits per heavy atom. The summed E-state index contributed by atoms with van der Waals surface area (Å²) in [7, 11) is 1.73. The van der Waals surface area contributed by atoms with Gasteiger partial charge >= 0.3 is 6.18 Å². The molecule has 6 nitrogen and oxygen atoms in total. The lowest BCUT2D eigenvalue weighted by Gasteiger charge is -2.35. The number of hydrogen-bond donors (Lipinski definition) is 2. The van der Waals surface area contributed by atoms with Gasteiger partial charge in [-0.25, -0.2) is 0 Å². The zero-order valence-corrected chi connectivity index (χ0v) is 17.1. The van der Waals surface area contributed by atoms with Crippen LogP contribution in [0.1, 0.15) is 36.4 Å². The summed E-state index contributed by atoms with van der Waals surface area (Å²) in [5, 5.41) is 6.83. The fourth-order valence-electron chi connectivity index (χ4n) is 4.59. The van der Waals surface area contributed by atoms with Gasteiger partial charge in [0.1, 0.15) is 0 Å². The molecule has 0 saturated carbocycles. The zero-order chi connectivity index (χ0) is 21.1. The number of ether oxygens (including phenoxy) is 2. The predicted octanol–water partition coefficient (Wildman–Crippen LogP) is 2.56. The van der Waals surface area contributed by atoms with Crippen molar-refractivity contribution in [3.8, 4) is 0 Å². The van der Waals surface area contributed by atoms with E-state index in [1.165, 1.54) is 0 Å². The summed E-state index contributed by atoms with van der Waals surface area (Å²) >= 11 is 0. The van der Waals surface area contributed by atoms with Gasteiger partial charge in [0, 0.05) is 26.7 Å². The van der Waals surface area contributed by atoms with E-state index in [9.17, 15) is 13.2 Å². The summed E-state index contributed by atoms with van der Waals surface area (Å²) in [5.41, 5.74) is 0.213. The summed E-state index contributed by atoms with van der Waals surface area (Å²) in [4.78, 5) is 6.58. The Morgan fingerprint density at radius 2 is 1.93 bits per heavy atom. The van der Waals surface area contributed by atoms with Crippen molar-refractivity contribution in [2.24, 2.45) is 4.99 Å². The van der Waals surface area contributed by atoms with Crippen LogP contribution in [0.15, 0.2) is 29.3 Å². The number of halogens is 3. The van der Waals surface area contributed by atoms with Gasteiger partial charge in [-0.1, -0.05) is 12.1 Å². The van der Waals surface area contributed by atoms with Gasteiger partial charge in [0.2, 0.25) is 0 Å². The second kappa shape index (κ2) is 9.11. The molecule has 3 fully saturated rings. The molecule has 2 N–H and O–H groups in total. The quantitative estimate of drug-likeness (QED) is 0.560. The van der Waals surface area contributed by atoms with E-state index in [0.717, 1.165) is 50.0 Å². The molecule has 0 spiro atoms.